The van der Waals surface area contributed by atoms with Gasteiger partial charge in [-0.05, 0) is 93.8 Å². The van der Waals surface area contributed by atoms with Crippen molar-refractivity contribution in [2.24, 2.45) is 0 Å². The van der Waals surface area contributed by atoms with Crippen molar-refractivity contribution >= 4 is 75.8 Å². The summed E-state index contributed by atoms with van der Waals surface area (Å²) in [6, 6.07) is 66.3. The third kappa shape index (κ3) is 4.16. The number of fused-ring (bicyclic) bond motifs is 8. The molecule has 0 unspecified atom stereocenters. The summed E-state index contributed by atoms with van der Waals surface area (Å²) >= 11 is 0. The van der Waals surface area contributed by atoms with Crippen LogP contribution in [0.2, 0.25) is 0 Å². The Labute approximate surface area is 294 Å². The van der Waals surface area contributed by atoms with Crippen molar-refractivity contribution in [2.75, 3.05) is 0 Å². The Morgan fingerprint density at radius 2 is 0.686 bits per heavy atom. The summed E-state index contributed by atoms with van der Waals surface area (Å²) in [6.07, 6.45) is 0. The van der Waals surface area contributed by atoms with Crippen LogP contribution in [-0.2, 0) is 0 Å². The Bertz CT molecular complexity index is 3130. The SMILES string of the molecule is c1ccc2cc3c(cc2c1)oc1c(-c2ccc(-c4c5ccccc5c(-c5cccc6ccccc56)c5ccccc45)c4ccccc24)cccc13. The maximum Gasteiger partial charge on any atom is 0.143 e. The molecule has 51 heavy (non-hydrogen) atoms. The van der Waals surface area contributed by atoms with Gasteiger partial charge in [-0.1, -0.05) is 170 Å². The standard InChI is InChI=1S/C50H30O/c1-2-15-33-30-47-46(29-32(33)14-1)45-26-12-25-44(50(45)51-47)37-27-28-43(36-19-6-5-18-35(36)37)49-41-22-9-7-20-39(41)48(40-21-8-10-23-42(40)49)38-24-11-16-31-13-3-4-17-34(31)38/h1-30H. The summed E-state index contributed by atoms with van der Waals surface area (Å²) in [5, 5.41) is 14.7. The van der Waals surface area contributed by atoms with E-state index in [1.54, 1.807) is 0 Å². The largest absolute Gasteiger partial charge is 0.455 e. The molecule has 236 valence electrons. The molecule has 0 saturated carbocycles. The quantitative estimate of drug-likeness (QED) is 0.174. The zero-order valence-corrected chi connectivity index (χ0v) is 27.7. The minimum absolute atomic E-state index is 0.918. The summed E-state index contributed by atoms with van der Waals surface area (Å²) in [7, 11) is 0. The molecule has 1 heteroatoms. The van der Waals surface area contributed by atoms with E-state index in [0.29, 0.717) is 0 Å². The minimum Gasteiger partial charge on any atom is -0.455 e. The van der Waals surface area contributed by atoms with Crippen molar-refractivity contribution in [3.8, 4) is 33.4 Å². The van der Waals surface area contributed by atoms with Crippen molar-refractivity contribution in [1.82, 2.24) is 0 Å². The van der Waals surface area contributed by atoms with Crippen molar-refractivity contribution in [2.45, 2.75) is 0 Å². The van der Waals surface area contributed by atoms with Crippen molar-refractivity contribution in [1.29, 1.82) is 0 Å². The summed E-state index contributed by atoms with van der Waals surface area (Å²) in [4.78, 5) is 0. The van der Waals surface area contributed by atoms with Crippen LogP contribution in [0.3, 0.4) is 0 Å². The first-order chi connectivity index (χ1) is 25.3. The van der Waals surface area contributed by atoms with E-state index in [4.69, 9.17) is 4.42 Å². The van der Waals surface area contributed by atoms with Crippen LogP contribution in [0.25, 0.3) is 109 Å². The van der Waals surface area contributed by atoms with Crippen LogP contribution in [0.15, 0.2) is 186 Å². The lowest BCUT2D eigenvalue weighted by Crippen LogP contribution is -1.93. The highest BCUT2D eigenvalue weighted by Gasteiger charge is 2.21. The molecule has 0 fully saturated rings. The second kappa shape index (κ2) is 10.9. The molecule has 0 saturated heterocycles. The molecule has 0 aliphatic heterocycles. The highest BCUT2D eigenvalue weighted by molar-refractivity contribution is 6.26. The predicted octanol–water partition coefficient (Wildman–Crippen LogP) is 14.4. The minimum atomic E-state index is 0.918. The smallest absolute Gasteiger partial charge is 0.143 e. The molecule has 0 N–H and O–H groups in total. The normalized spacial score (nSPS) is 11.9. The molecule has 0 spiro atoms. The predicted molar refractivity (Wildman–Crippen MR) is 218 cm³/mol. The summed E-state index contributed by atoms with van der Waals surface area (Å²) < 4.78 is 6.71. The first-order valence-electron chi connectivity index (χ1n) is 17.6. The third-order valence-electron chi connectivity index (χ3n) is 10.8. The summed E-state index contributed by atoms with van der Waals surface area (Å²) in [5.41, 5.74) is 9.17. The van der Waals surface area contributed by atoms with Gasteiger partial charge in [-0.2, -0.15) is 0 Å². The lowest BCUT2D eigenvalue weighted by atomic mass is 9.83. The molecular weight excluding hydrogens is 617 g/mol. The summed E-state index contributed by atoms with van der Waals surface area (Å²) in [5.74, 6) is 0. The number of furan rings is 1. The van der Waals surface area contributed by atoms with Crippen LogP contribution in [0.5, 0.6) is 0 Å². The zero-order valence-electron chi connectivity index (χ0n) is 27.7. The van der Waals surface area contributed by atoms with E-state index in [1.807, 2.05) is 0 Å². The molecule has 0 bridgehead atoms. The van der Waals surface area contributed by atoms with Crippen molar-refractivity contribution in [3.05, 3.63) is 182 Å². The van der Waals surface area contributed by atoms with Crippen LogP contribution in [0, 0.1) is 0 Å². The zero-order chi connectivity index (χ0) is 33.5. The molecule has 0 atom stereocenters. The highest BCUT2D eigenvalue weighted by Crippen LogP contribution is 2.48. The van der Waals surface area contributed by atoms with E-state index >= 15 is 0 Å². The van der Waals surface area contributed by atoms with Crippen LogP contribution in [0.1, 0.15) is 0 Å². The van der Waals surface area contributed by atoms with Crippen LogP contribution >= 0.6 is 0 Å². The molecule has 11 aromatic rings. The molecule has 0 aliphatic rings. The third-order valence-corrected chi connectivity index (χ3v) is 10.8. The van der Waals surface area contributed by atoms with Gasteiger partial charge in [0, 0.05) is 16.3 Å². The van der Waals surface area contributed by atoms with Gasteiger partial charge in [0.2, 0.25) is 0 Å². The Hall–Kier alpha value is -6.70. The highest BCUT2D eigenvalue weighted by atomic mass is 16.3. The van der Waals surface area contributed by atoms with E-state index < -0.39 is 0 Å². The van der Waals surface area contributed by atoms with Gasteiger partial charge in [0.05, 0.1) is 0 Å². The lowest BCUT2D eigenvalue weighted by Gasteiger charge is -2.20. The second-order valence-electron chi connectivity index (χ2n) is 13.6. The van der Waals surface area contributed by atoms with E-state index in [2.05, 4.69) is 182 Å². The summed E-state index contributed by atoms with van der Waals surface area (Å²) in [6.45, 7) is 0. The van der Waals surface area contributed by atoms with Gasteiger partial charge in [-0.3, -0.25) is 0 Å². The molecule has 0 aliphatic carbocycles. The Balaban J connectivity index is 1.19. The van der Waals surface area contributed by atoms with E-state index in [0.717, 1.165) is 27.5 Å². The van der Waals surface area contributed by atoms with Gasteiger partial charge in [0.15, 0.2) is 0 Å². The van der Waals surface area contributed by atoms with Gasteiger partial charge in [-0.15, -0.1) is 0 Å². The van der Waals surface area contributed by atoms with E-state index in [9.17, 15) is 0 Å². The van der Waals surface area contributed by atoms with E-state index in [-0.39, 0.29) is 0 Å². The first-order valence-corrected chi connectivity index (χ1v) is 17.6. The Morgan fingerprint density at radius 1 is 0.255 bits per heavy atom. The van der Waals surface area contributed by atoms with Gasteiger partial charge in [0.1, 0.15) is 11.2 Å². The second-order valence-corrected chi connectivity index (χ2v) is 13.6. The number of hydrogen-bond acceptors (Lipinski definition) is 1. The molecule has 1 heterocycles. The average Bonchev–Trinajstić information content (AvgIpc) is 3.56. The molecule has 1 aromatic heterocycles. The molecule has 0 amide bonds. The van der Waals surface area contributed by atoms with Crippen molar-refractivity contribution in [3.63, 3.8) is 0 Å². The number of benzene rings is 10. The van der Waals surface area contributed by atoms with Crippen LogP contribution in [0.4, 0.5) is 0 Å². The molecular formula is C50H30O. The molecule has 11 rings (SSSR count). The van der Waals surface area contributed by atoms with Crippen LogP contribution < -0.4 is 0 Å². The van der Waals surface area contributed by atoms with Gasteiger partial charge in [0.25, 0.3) is 0 Å². The van der Waals surface area contributed by atoms with Gasteiger partial charge < -0.3 is 4.42 Å². The fourth-order valence-electron chi connectivity index (χ4n) is 8.60. The Kier molecular flexibility index (Phi) is 6.02. The maximum absolute atomic E-state index is 6.71. The topological polar surface area (TPSA) is 13.1 Å². The monoisotopic (exact) mass is 646 g/mol. The molecule has 10 aromatic carbocycles. The van der Waals surface area contributed by atoms with Gasteiger partial charge >= 0.3 is 0 Å². The first kappa shape index (κ1) is 28.2. The van der Waals surface area contributed by atoms with Crippen molar-refractivity contribution < 1.29 is 4.42 Å². The fraction of sp³-hybridized carbons (Fsp3) is 0. The molecule has 1 nitrogen and oxygen atoms in total. The lowest BCUT2D eigenvalue weighted by molar-refractivity contribution is 0.670. The number of rotatable bonds is 3. The number of para-hydroxylation sites is 1. The fourth-order valence-corrected chi connectivity index (χ4v) is 8.60. The molecule has 0 radical (unpaired) electrons. The van der Waals surface area contributed by atoms with E-state index in [1.165, 1.54) is 81.7 Å². The number of hydrogen-bond donors (Lipinski definition) is 0. The average molecular weight is 647 g/mol. The Morgan fingerprint density at radius 3 is 1.35 bits per heavy atom. The van der Waals surface area contributed by atoms with Gasteiger partial charge in [-0.25, -0.2) is 0 Å². The van der Waals surface area contributed by atoms with Crippen LogP contribution in [-0.4, -0.2) is 0 Å². The maximum atomic E-state index is 6.71.